The van der Waals surface area contributed by atoms with Gasteiger partial charge in [0.25, 0.3) is 0 Å². The number of allylic oxidation sites excluding steroid dienone is 2. The smallest absolute Gasteiger partial charge is 0.186 e. The lowest BCUT2D eigenvalue weighted by molar-refractivity contribution is 0.337. The van der Waals surface area contributed by atoms with Gasteiger partial charge >= 0.3 is 0 Å². The van der Waals surface area contributed by atoms with Gasteiger partial charge in [-0.25, -0.2) is 0 Å². The van der Waals surface area contributed by atoms with E-state index in [-0.39, 0.29) is 0 Å². The van der Waals surface area contributed by atoms with Crippen LogP contribution in [0, 0.1) is 0 Å². The monoisotopic (exact) mass is 97.1 g/mol. The predicted molar refractivity (Wildman–Crippen MR) is 27.1 cm³/mol. The van der Waals surface area contributed by atoms with E-state index in [1.807, 2.05) is 12.2 Å². The summed E-state index contributed by atoms with van der Waals surface area (Å²) in [7, 11) is 0. The summed E-state index contributed by atoms with van der Waals surface area (Å²) in [6, 6.07) is 0. The molecule has 0 fully saturated rings. The topological polar surface area (TPSA) is 35.2 Å². The van der Waals surface area contributed by atoms with Crippen molar-refractivity contribution < 1.29 is 4.74 Å². The van der Waals surface area contributed by atoms with Crippen LogP contribution in [0.2, 0.25) is 0 Å². The third-order valence-electron chi connectivity index (χ3n) is 0.755. The van der Waals surface area contributed by atoms with Crippen LogP contribution >= 0.6 is 0 Å². The zero-order valence-corrected chi connectivity index (χ0v) is 3.92. The molecule has 2 heteroatoms. The molecule has 0 saturated carbocycles. The maximum absolute atomic E-state index is 5.22. The second-order valence-corrected chi connectivity index (χ2v) is 1.33. The molecule has 0 bridgehead atoms. The zero-order valence-electron chi connectivity index (χ0n) is 3.92. The van der Waals surface area contributed by atoms with Crippen molar-refractivity contribution >= 4 is 0 Å². The van der Waals surface area contributed by atoms with E-state index >= 15 is 0 Å². The molecular weight excluding hydrogens is 90.1 g/mol. The van der Waals surface area contributed by atoms with Gasteiger partial charge < -0.3 is 10.5 Å². The van der Waals surface area contributed by atoms with Gasteiger partial charge in [0.2, 0.25) is 0 Å². The van der Waals surface area contributed by atoms with Gasteiger partial charge in [0.05, 0.1) is 6.26 Å². The van der Waals surface area contributed by atoms with E-state index in [9.17, 15) is 0 Å². The maximum atomic E-state index is 5.22. The van der Waals surface area contributed by atoms with Crippen LogP contribution < -0.4 is 5.73 Å². The van der Waals surface area contributed by atoms with Crippen LogP contribution in [-0.4, -0.2) is 0 Å². The number of hydrogen-bond donors (Lipinski definition) is 1. The first kappa shape index (κ1) is 4.24. The Bertz CT molecular complexity index is 115. The second-order valence-electron chi connectivity index (χ2n) is 1.33. The molecule has 1 aliphatic rings. The first-order chi connectivity index (χ1) is 3.39. The number of nitrogens with two attached hydrogens (primary N) is 1. The third kappa shape index (κ3) is 0.961. The predicted octanol–water partition coefficient (Wildman–Crippen LogP) is 0.721. The Labute approximate surface area is 42.3 Å². The van der Waals surface area contributed by atoms with Crippen LogP contribution in [0.5, 0.6) is 0 Å². The first-order valence-corrected chi connectivity index (χ1v) is 2.17. The summed E-state index contributed by atoms with van der Waals surface area (Å²) in [4.78, 5) is 0. The van der Waals surface area contributed by atoms with Gasteiger partial charge in [0.1, 0.15) is 0 Å². The second kappa shape index (κ2) is 1.69. The van der Waals surface area contributed by atoms with Crippen molar-refractivity contribution in [3.8, 4) is 0 Å². The minimum atomic E-state index is 0.502. The molecule has 0 spiro atoms. The summed E-state index contributed by atoms with van der Waals surface area (Å²) in [6.07, 6.45) is 6.21. The standard InChI is InChI=1S/C5H7NO/c6-5-3-1-2-4-7-5/h2-4H,1,6H2. The van der Waals surface area contributed by atoms with Crippen LogP contribution in [0.15, 0.2) is 24.3 Å². The van der Waals surface area contributed by atoms with E-state index in [1.54, 1.807) is 6.26 Å². The number of ether oxygens (including phenoxy) is 1. The molecule has 7 heavy (non-hydrogen) atoms. The highest BCUT2D eigenvalue weighted by Gasteiger charge is 1.88. The molecule has 2 N–H and O–H groups in total. The average molecular weight is 97.1 g/mol. The van der Waals surface area contributed by atoms with Gasteiger partial charge in [-0.3, -0.25) is 0 Å². The Balaban J connectivity index is 2.50. The maximum Gasteiger partial charge on any atom is 0.186 e. The SMILES string of the molecule is NC1=CCC=CO1. The minimum Gasteiger partial charge on any atom is -0.450 e. The van der Waals surface area contributed by atoms with Crippen LogP contribution in [0.4, 0.5) is 0 Å². The zero-order chi connectivity index (χ0) is 5.11. The molecule has 0 saturated heterocycles. The van der Waals surface area contributed by atoms with E-state index < -0.39 is 0 Å². The fourth-order valence-electron chi connectivity index (χ4n) is 0.415. The highest BCUT2D eigenvalue weighted by atomic mass is 16.5. The number of rotatable bonds is 0. The molecule has 0 radical (unpaired) electrons. The molecule has 0 amide bonds. The van der Waals surface area contributed by atoms with E-state index in [0.29, 0.717) is 5.88 Å². The van der Waals surface area contributed by atoms with E-state index in [0.717, 1.165) is 6.42 Å². The van der Waals surface area contributed by atoms with E-state index in [4.69, 9.17) is 10.5 Å². The summed E-state index contributed by atoms with van der Waals surface area (Å²) < 4.78 is 4.74. The molecule has 0 atom stereocenters. The Hall–Kier alpha value is -0.920. The lowest BCUT2D eigenvalue weighted by Crippen LogP contribution is -1.99. The Morgan fingerprint density at radius 2 is 2.57 bits per heavy atom. The van der Waals surface area contributed by atoms with Gasteiger partial charge in [-0.05, 0) is 18.6 Å². The van der Waals surface area contributed by atoms with Crippen LogP contribution in [0.25, 0.3) is 0 Å². The van der Waals surface area contributed by atoms with Crippen LogP contribution in [-0.2, 0) is 4.74 Å². The van der Waals surface area contributed by atoms with E-state index in [1.165, 1.54) is 0 Å². The fourth-order valence-corrected chi connectivity index (χ4v) is 0.415. The van der Waals surface area contributed by atoms with Crippen LogP contribution in [0.1, 0.15) is 6.42 Å². The lowest BCUT2D eigenvalue weighted by atomic mass is 10.4. The van der Waals surface area contributed by atoms with Gasteiger partial charge in [-0.15, -0.1) is 0 Å². The summed E-state index contributed by atoms with van der Waals surface area (Å²) in [5.41, 5.74) is 5.22. The fraction of sp³-hybridized carbons (Fsp3) is 0.200. The largest absolute Gasteiger partial charge is 0.450 e. The summed E-state index contributed by atoms with van der Waals surface area (Å²) in [5, 5.41) is 0. The molecule has 1 rings (SSSR count). The van der Waals surface area contributed by atoms with Crippen molar-refractivity contribution in [1.29, 1.82) is 0 Å². The molecule has 1 aliphatic heterocycles. The summed E-state index contributed by atoms with van der Waals surface area (Å²) in [6.45, 7) is 0. The molecule has 38 valence electrons. The number of hydrogen-bond acceptors (Lipinski definition) is 2. The van der Waals surface area contributed by atoms with Crippen molar-refractivity contribution in [2.75, 3.05) is 0 Å². The lowest BCUT2D eigenvalue weighted by Gasteiger charge is -2.01. The van der Waals surface area contributed by atoms with Crippen molar-refractivity contribution in [1.82, 2.24) is 0 Å². The molecule has 0 unspecified atom stereocenters. The summed E-state index contributed by atoms with van der Waals surface area (Å²) in [5.74, 6) is 0.502. The Kier molecular flexibility index (Phi) is 1.02. The molecule has 0 aliphatic carbocycles. The minimum absolute atomic E-state index is 0.502. The molecule has 2 nitrogen and oxygen atoms in total. The van der Waals surface area contributed by atoms with Crippen molar-refractivity contribution in [2.24, 2.45) is 5.73 Å². The Morgan fingerprint density at radius 1 is 1.71 bits per heavy atom. The molecule has 0 aromatic heterocycles. The van der Waals surface area contributed by atoms with Crippen molar-refractivity contribution in [3.05, 3.63) is 24.3 Å². The van der Waals surface area contributed by atoms with Crippen LogP contribution in [0.3, 0.4) is 0 Å². The quantitative estimate of drug-likeness (QED) is 0.483. The Morgan fingerprint density at radius 3 is 2.86 bits per heavy atom. The molecule has 0 aromatic carbocycles. The first-order valence-electron chi connectivity index (χ1n) is 2.17. The summed E-state index contributed by atoms with van der Waals surface area (Å²) >= 11 is 0. The normalized spacial score (nSPS) is 18.0. The van der Waals surface area contributed by atoms with Gasteiger partial charge in [-0.1, -0.05) is 0 Å². The highest BCUT2D eigenvalue weighted by Crippen LogP contribution is 1.99. The van der Waals surface area contributed by atoms with Gasteiger partial charge in [0.15, 0.2) is 5.88 Å². The average Bonchev–Trinajstić information content (AvgIpc) is 1.69. The molecule has 0 aromatic rings. The van der Waals surface area contributed by atoms with Gasteiger partial charge in [0, 0.05) is 0 Å². The molecule has 1 heterocycles. The van der Waals surface area contributed by atoms with Crippen molar-refractivity contribution in [3.63, 3.8) is 0 Å². The molecular formula is C5H7NO. The third-order valence-corrected chi connectivity index (χ3v) is 0.755. The van der Waals surface area contributed by atoms with Gasteiger partial charge in [-0.2, -0.15) is 0 Å². The van der Waals surface area contributed by atoms with Crippen molar-refractivity contribution in [2.45, 2.75) is 6.42 Å². The van der Waals surface area contributed by atoms with E-state index in [2.05, 4.69) is 0 Å². The highest BCUT2D eigenvalue weighted by molar-refractivity contribution is 4.99.